The Hall–Kier alpha value is -0.860. The quantitative estimate of drug-likeness (QED) is 0.759. The average molecular weight is 410 g/mol. The van der Waals surface area contributed by atoms with E-state index >= 15 is 0 Å². The second-order valence-electron chi connectivity index (χ2n) is 6.99. The highest BCUT2D eigenvalue weighted by atomic mass is 35.5. The molecule has 0 aromatic heterocycles. The number of nitrogens with zero attached hydrogens (tertiary/aromatic N) is 1. The number of esters is 1. The third kappa shape index (κ3) is 5.56. The van der Waals surface area contributed by atoms with Gasteiger partial charge in [0.2, 0.25) is 10.0 Å². The van der Waals surface area contributed by atoms with Gasteiger partial charge in [-0.15, -0.1) is 0 Å². The molecule has 0 aliphatic carbocycles. The molecule has 1 aromatic carbocycles. The minimum atomic E-state index is -3.71. The smallest absolute Gasteiger partial charge is 0.362 e. The van der Waals surface area contributed by atoms with E-state index in [-0.39, 0.29) is 22.4 Å². The van der Waals surface area contributed by atoms with Crippen LogP contribution >= 0.6 is 23.2 Å². The van der Waals surface area contributed by atoms with Crippen LogP contribution in [0, 0.1) is 0 Å². The number of hydrogen-bond donors (Lipinski definition) is 1. The number of halogens is 2. The van der Waals surface area contributed by atoms with Crippen molar-refractivity contribution in [3.05, 3.63) is 28.2 Å². The predicted molar refractivity (Wildman–Crippen MR) is 96.6 cm³/mol. The van der Waals surface area contributed by atoms with Gasteiger partial charge in [0.25, 0.3) is 0 Å². The fraction of sp³-hybridized carbons (Fsp3) is 0.562. The first-order valence-electron chi connectivity index (χ1n) is 8.00. The van der Waals surface area contributed by atoms with E-state index in [1.54, 1.807) is 6.07 Å². The van der Waals surface area contributed by atoms with Crippen LogP contribution < -0.4 is 4.90 Å². The number of carbonyl (C=O) groups excluding carboxylic acids is 1. The van der Waals surface area contributed by atoms with Crippen LogP contribution in [-0.2, 0) is 19.6 Å². The Morgan fingerprint density at radius 3 is 2.40 bits per heavy atom. The molecule has 1 fully saturated rings. The van der Waals surface area contributed by atoms with Crippen molar-refractivity contribution in [2.24, 2.45) is 0 Å². The summed E-state index contributed by atoms with van der Waals surface area (Å²) in [5, 5.41) is 0.463. The minimum Gasteiger partial charge on any atom is -0.456 e. The Kier molecular flexibility index (Phi) is 6.38. The van der Waals surface area contributed by atoms with Crippen molar-refractivity contribution in [3.8, 4) is 0 Å². The molecular weight excluding hydrogens is 387 g/mol. The third-order valence-electron chi connectivity index (χ3n) is 3.75. The van der Waals surface area contributed by atoms with Gasteiger partial charge in [-0.1, -0.05) is 23.2 Å². The number of hydrogen-bond acceptors (Lipinski definition) is 4. The van der Waals surface area contributed by atoms with Gasteiger partial charge in [-0.2, -0.15) is 4.31 Å². The highest BCUT2D eigenvalue weighted by Gasteiger charge is 2.33. The molecule has 1 N–H and O–H groups in total. The normalized spacial score (nSPS) is 17.5. The van der Waals surface area contributed by atoms with Gasteiger partial charge in [0.15, 0.2) is 6.54 Å². The van der Waals surface area contributed by atoms with Gasteiger partial charge in [0.1, 0.15) is 10.5 Å². The molecule has 25 heavy (non-hydrogen) atoms. The van der Waals surface area contributed by atoms with Crippen molar-refractivity contribution in [1.82, 2.24) is 4.31 Å². The van der Waals surface area contributed by atoms with Crippen LogP contribution in [0.15, 0.2) is 23.1 Å². The zero-order valence-electron chi connectivity index (χ0n) is 14.5. The van der Waals surface area contributed by atoms with E-state index in [1.807, 2.05) is 20.8 Å². The first-order valence-corrected chi connectivity index (χ1v) is 10.2. The lowest BCUT2D eigenvalue weighted by molar-refractivity contribution is -0.896. The van der Waals surface area contributed by atoms with Crippen LogP contribution in [0.25, 0.3) is 0 Å². The minimum absolute atomic E-state index is 0.0114. The summed E-state index contributed by atoms with van der Waals surface area (Å²) in [6, 6.07) is 4.38. The van der Waals surface area contributed by atoms with Crippen molar-refractivity contribution in [2.75, 3.05) is 32.7 Å². The molecule has 0 bridgehead atoms. The Balaban J connectivity index is 1.99. The molecule has 1 aliphatic heterocycles. The molecule has 2 rings (SSSR count). The first kappa shape index (κ1) is 20.5. The highest BCUT2D eigenvalue weighted by molar-refractivity contribution is 7.89. The van der Waals surface area contributed by atoms with Crippen molar-refractivity contribution >= 4 is 39.2 Å². The van der Waals surface area contributed by atoms with Crippen molar-refractivity contribution in [2.45, 2.75) is 31.3 Å². The van der Waals surface area contributed by atoms with Gasteiger partial charge in [-0.3, -0.25) is 0 Å². The molecule has 0 saturated carbocycles. The third-order valence-corrected chi connectivity index (χ3v) is 6.37. The SMILES string of the molecule is CC(C)(C)OC(=O)C[NH+]1CCN(S(=O)(=O)c2cc(Cl)ccc2Cl)CC1. The van der Waals surface area contributed by atoms with E-state index in [2.05, 4.69) is 0 Å². The number of quaternary nitrogens is 1. The Labute approximate surface area is 158 Å². The Bertz CT molecular complexity index is 739. The maximum absolute atomic E-state index is 12.8. The van der Waals surface area contributed by atoms with E-state index < -0.39 is 15.6 Å². The number of sulfonamides is 1. The molecule has 0 spiro atoms. The molecule has 0 unspecified atom stereocenters. The zero-order valence-corrected chi connectivity index (χ0v) is 16.8. The highest BCUT2D eigenvalue weighted by Crippen LogP contribution is 2.27. The summed E-state index contributed by atoms with van der Waals surface area (Å²) in [4.78, 5) is 12.9. The Morgan fingerprint density at radius 1 is 1.24 bits per heavy atom. The van der Waals surface area contributed by atoms with Gasteiger partial charge < -0.3 is 9.64 Å². The summed E-state index contributed by atoms with van der Waals surface area (Å²) in [6.07, 6.45) is 0. The maximum Gasteiger partial charge on any atom is 0.362 e. The van der Waals surface area contributed by atoms with Crippen LogP contribution in [0.2, 0.25) is 10.0 Å². The van der Waals surface area contributed by atoms with Crippen molar-refractivity contribution in [3.63, 3.8) is 0 Å². The topological polar surface area (TPSA) is 68.1 Å². The number of carbonyl (C=O) groups is 1. The second-order valence-corrected chi connectivity index (χ2v) is 9.74. The van der Waals surface area contributed by atoms with Crippen LogP contribution in [0.4, 0.5) is 0 Å². The molecule has 0 atom stereocenters. The van der Waals surface area contributed by atoms with Gasteiger partial charge in [-0.25, -0.2) is 13.2 Å². The Morgan fingerprint density at radius 2 is 1.84 bits per heavy atom. The second kappa shape index (κ2) is 7.80. The van der Waals surface area contributed by atoms with E-state index in [4.69, 9.17) is 27.9 Å². The fourth-order valence-corrected chi connectivity index (χ4v) is 4.79. The molecule has 9 heteroatoms. The van der Waals surface area contributed by atoms with E-state index in [0.717, 1.165) is 4.90 Å². The van der Waals surface area contributed by atoms with Gasteiger partial charge in [0.05, 0.1) is 31.2 Å². The fourth-order valence-electron chi connectivity index (χ4n) is 2.62. The lowest BCUT2D eigenvalue weighted by atomic mass is 10.2. The first-order chi connectivity index (χ1) is 11.5. The summed E-state index contributed by atoms with van der Waals surface area (Å²) in [7, 11) is -3.71. The standard InChI is InChI=1S/C16H22Cl2N2O4S/c1-16(2,3)24-15(21)11-19-6-8-20(9-7-19)25(22,23)14-10-12(17)4-5-13(14)18/h4-5,10H,6-9,11H2,1-3H3/p+1. The van der Waals surface area contributed by atoms with Gasteiger partial charge >= 0.3 is 5.97 Å². The maximum atomic E-state index is 12.8. The van der Waals surface area contributed by atoms with Crippen LogP contribution in [-0.4, -0.2) is 57.0 Å². The van der Waals surface area contributed by atoms with Crippen molar-refractivity contribution in [1.29, 1.82) is 0 Å². The van der Waals surface area contributed by atoms with E-state index in [0.29, 0.717) is 31.2 Å². The summed E-state index contributed by atoms with van der Waals surface area (Å²) in [5.74, 6) is -0.281. The predicted octanol–water partition coefficient (Wildman–Crippen LogP) is 1.22. The lowest BCUT2D eigenvalue weighted by Gasteiger charge is -2.31. The largest absolute Gasteiger partial charge is 0.456 e. The van der Waals surface area contributed by atoms with E-state index in [9.17, 15) is 13.2 Å². The molecule has 140 valence electrons. The molecule has 1 saturated heterocycles. The molecular formula is C16H23Cl2N2O4S+. The number of piperazine rings is 1. The number of ether oxygens (including phenoxy) is 1. The van der Waals surface area contributed by atoms with Crippen LogP contribution in [0.5, 0.6) is 0 Å². The average Bonchev–Trinajstić information content (AvgIpc) is 2.48. The number of rotatable bonds is 4. The molecule has 0 amide bonds. The summed E-state index contributed by atoms with van der Waals surface area (Å²) in [6.45, 7) is 7.35. The van der Waals surface area contributed by atoms with Gasteiger partial charge in [0, 0.05) is 5.02 Å². The number of nitrogens with one attached hydrogen (secondary N) is 1. The lowest BCUT2D eigenvalue weighted by Crippen LogP contribution is -3.15. The number of benzene rings is 1. The molecule has 1 heterocycles. The van der Waals surface area contributed by atoms with Crippen LogP contribution in [0.3, 0.4) is 0 Å². The molecule has 0 radical (unpaired) electrons. The summed E-state index contributed by atoms with van der Waals surface area (Å²) in [5.41, 5.74) is -0.523. The summed E-state index contributed by atoms with van der Waals surface area (Å²) < 4.78 is 32.2. The van der Waals surface area contributed by atoms with Gasteiger partial charge in [-0.05, 0) is 39.0 Å². The van der Waals surface area contributed by atoms with Crippen LogP contribution in [0.1, 0.15) is 20.8 Å². The molecule has 1 aliphatic rings. The monoisotopic (exact) mass is 409 g/mol. The molecule has 6 nitrogen and oxygen atoms in total. The van der Waals surface area contributed by atoms with Crippen molar-refractivity contribution < 1.29 is 22.8 Å². The zero-order chi connectivity index (χ0) is 18.8. The summed E-state index contributed by atoms with van der Waals surface area (Å²) >= 11 is 11.9. The molecule has 1 aromatic rings. The van der Waals surface area contributed by atoms with E-state index in [1.165, 1.54) is 16.4 Å².